The zero-order valence-electron chi connectivity index (χ0n) is 15.6. The molecule has 0 saturated heterocycles. The van der Waals surface area contributed by atoms with Crippen molar-refractivity contribution in [3.63, 3.8) is 0 Å². The first-order valence-electron chi connectivity index (χ1n) is 9.04. The smallest absolute Gasteiger partial charge is 0.261 e. The van der Waals surface area contributed by atoms with Gasteiger partial charge in [0.2, 0.25) is 0 Å². The lowest BCUT2D eigenvalue weighted by Crippen LogP contribution is -2.35. The number of fused-ring (bicyclic) bond motifs is 1. The van der Waals surface area contributed by atoms with Gasteiger partial charge in [-0.25, -0.2) is 4.98 Å². The van der Waals surface area contributed by atoms with Gasteiger partial charge in [0.05, 0.1) is 16.8 Å². The Bertz CT molecular complexity index is 1070. The molecule has 6 heteroatoms. The molecule has 1 atom stereocenters. The third kappa shape index (κ3) is 4.07. The Labute approximate surface area is 167 Å². The van der Waals surface area contributed by atoms with Gasteiger partial charge in [-0.15, -0.1) is 11.3 Å². The largest absolute Gasteiger partial charge is 0.481 e. The van der Waals surface area contributed by atoms with Crippen molar-refractivity contribution in [1.29, 1.82) is 0 Å². The first kappa shape index (κ1) is 18.3. The molecule has 0 aliphatic heterocycles. The van der Waals surface area contributed by atoms with Crippen molar-refractivity contribution in [2.75, 3.05) is 0 Å². The number of nitrogens with one attached hydrogen (secondary N) is 1. The van der Waals surface area contributed by atoms with E-state index in [1.807, 2.05) is 67.6 Å². The van der Waals surface area contributed by atoms with Crippen LogP contribution in [0.5, 0.6) is 5.75 Å². The summed E-state index contributed by atoms with van der Waals surface area (Å²) < 4.78 is 12.6. The molecule has 0 saturated carbocycles. The minimum atomic E-state index is -0.596. The van der Waals surface area contributed by atoms with Crippen molar-refractivity contribution in [3.8, 4) is 16.5 Å². The molecule has 0 bridgehead atoms. The molecule has 28 heavy (non-hydrogen) atoms. The van der Waals surface area contributed by atoms with Crippen LogP contribution in [-0.4, -0.2) is 17.0 Å². The molecule has 5 nitrogen and oxygen atoms in total. The highest BCUT2D eigenvalue weighted by molar-refractivity contribution is 7.21. The van der Waals surface area contributed by atoms with Crippen LogP contribution in [0.2, 0.25) is 0 Å². The number of hydrogen-bond donors (Lipinski definition) is 1. The van der Waals surface area contributed by atoms with E-state index in [4.69, 9.17) is 9.15 Å². The van der Waals surface area contributed by atoms with Crippen molar-refractivity contribution >= 4 is 27.5 Å². The van der Waals surface area contributed by atoms with Gasteiger partial charge in [-0.1, -0.05) is 29.8 Å². The number of amides is 1. The molecule has 2 aromatic carbocycles. The lowest BCUT2D eigenvalue weighted by Gasteiger charge is -2.14. The van der Waals surface area contributed by atoms with Crippen LogP contribution in [-0.2, 0) is 11.3 Å². The van der Waals surface area contributed by atoms with E-state index in [0.29, 0.717) is 23.8 Å². The number of hydrogen-bond acceptors (Lipinski definition) is 5. The summed E-state index contributed by atoms with van der Waals surface area (Å²) in [5, 5.41) is 3.68. The van der Waals surface area contributed by atoms with Gasteiger partial charge in [-0.2, -0.15) is 0 Å². The van der Waals surface area contributed by atoms with Gasteiger partial charge in [-0.3, -0.25) is 4.79 Å². The number of benzene rings is 2. The summed E-state index contributed by atoms with van der Waals surface area (Å²) in [6, 6.07) is 19.3. The maximum absolute atomic E-state index is 12.3. The number of thiazole rings is 1. The van der Waals surface area contributed by atoms with E-state index in [2.05, 4.69) is 10.3 Å². The predicted octanol–water partition coefficient (Wildman–Crippen LogP) is 4.95. The summed E-state index contributed by atoms with van der Waals surface area (Å²) in [6.07, 6.45) is -0.596. The molecule has 0 fully saturated rings. The second-order valence-electron chi connectivity index (χ2n) is 6.54. The molecule has 4 aromatic rings. The summed E-state index contributed by atoms with van der Waals surface area (Å²) in [6.45, 7) is 4.03. The average molecular weight is 392 g/mol. The van der Waals surface area contributed by atoms with Crippen molar-refractivity contribution in [2.45, 2.75) is 26.5 Å². The number of para-hydroxylation sites is 1. The Kier molecular flexibility index (Phi) is 5.12. The van der Waals surface area contributed by atoms with E-state index in [1.54, 1.807) is 18.3 Å². The number of aromatic nitrogens is 1. The molecule has 2 heterocycles. The van der Waals surface area contributed by atoms with Crippen LogP contribution in [0.25, 0.3) is 21.0 Å². The van der Waals surface area contributed by atoms with Crippen LogP contribution >= 0.6 is 11.3 Å². The maximum atomic E-state index is 12.3. The quantitative estimate of drug-likeness (QED) is 0.504. The Hall–Kier alpha value is -3.12. The second-order valence-corrected chi connectivity index (χ2v) is 7.57. The van der Waals surface area contributed by atoms with E-state index in [1.165, 1.54) is 0 Å². The molecule has 142 valence electrons. The fourth-order valence-electron chi connectivity index (χ4n) is 2.76. The zero-order chi connectivity index (χ0) is 19.5. The van der Waals surface area contributed by atoms with Gasteiger partial charge in [0.1, 0.15) is 11.5 Å². The van der Waals surface area contributed by atoms with Crippen molar-refractivity contribution in [2.24, 2.45) is 0 Å². The fourth-order valence-corrected chi connectivity index (χ4v) is 3.69. The molecule has 0 spiro atoms. The van der Waals surface area contributed by atoms with E-state index in [9.17, 15) is 4.79 Å². The molecule has 1 unspecified atom stereocenters. The van der Waals surface area contributed by atoms with Crippen molar-refractivity contribution in [1.82, 2.24) is 10.3 Å². The van der Waals surface area contributed by atoms with E-state index >= 15 is 0 Å². The minimum absolute atomic E-state index is 0.196. The zero-order valence-corrected chi connectivity index (χ0v) is 16.5. The van der Waals surface area contributed by atoms with Gasteiger partial charge in [0.15, 0.2) is 16.9 Å². The van der Waals surface area contributed by atoms with Crippen LogP contribution in [0, 0.1) is 6.92 Å². The lowest BCUT2D eigenvalue weighted by atomic mass is 10.2. The number of rotatable bonds is 6. The van der Waals surface area contributed by atoms with Gasteiger partial charge in [0.25, 0.3) is 5.91 Å². The summed E-state index contributed by atoms with van der Waals surface area (Å²) in [5.74, 6) is 1.85. The van der Waals surface area contributed by atoms with Gasteiger partial charge in [-0.05, 0) is 50.2 Å². The maximum Gasteiger partial charge on any atom is 0.261 e. The highest BCUT2D eigenvalue weighted by Gasteiger charge is 2.16. The van der Waals surface area contributed by atoms with Crippen molar-refractivity contribution < 1.29 is 13.9 Å². The predicted molar refractivity (Wildman–Crippen MR) is 110 cm³/mol. The van der Waals surface area contributed by atoms with Crippen LogP contribution < -0.4 is 10.1 Å². The number of carbonyl (C=O) groups is 1. The number of ether oxygens (including phenoxy) is 1. The topological polar surface area (TPSA) is 64.4 Å². The Balaban J connectivity index is 1.36. The molecule has 1 amide bonds. The molecule has 0 radical (unpaired) electrons. The molecular formula is C22H20N2O3S. The highest BCUT2D eigenvalue weighted by atomic mass is 32.1. The third-order valence-corrected chi connectivity index (χ3v) is 5.36. The number of carbonyl (C=O) groups excluding carboxylic acids is 1. The van der Waals surface area contributed by atoms with E-state index in [0.717, 1.165) is 20.8 Å². The summed E-state index contributed by atoms with van der Waals surface area (Å²) in [4.78, 5) is 16.9. The summed E-state index contributed by atoms with van der Waals surface area (Å²) >= 11 is 1.58. The highest BCUT2D eigenvalue weighted by Crippen LogP contribution is 2.31. The second kappa shape index (κ2) is 7.86. The first-order chi connectivity index (χ1) is 13.6. The third-order valence-electron chi connectivity index (χ3n) is 4.31. The van der Waals surface area contributed by atoms with Crippen LogP contribution in [0.15, 0.2) is 65.1 Å². The number of furan rings is 1. The van der Waals surface area contributed by atoms with Gasteiger partial charge >= 0.3 is 0 Å². The van der Waals surface area contributed by atoms with Crippen LogP contribution in [0.1, 0.15) is 18.2 Å². The first-order valence-corrected chi connectivity index (χ1v) is 9.86. The van der Waals surface area contributed by atoms with Gasteiger partial charge < -0.3 is 14.5 Å². The van der Waals surface area contributed by atoms with Crippen molar-refractivity contribution in [3.05, 3.63) is 72.0 Å². The Morgan fingerprint density at radius 3 is 2.71 bits per heavy atom. The lowest BCUT2D eigenvalue weighted by molar-refractivity contribution is -0.127. The fraction of sp³-hybridized carbons (Fsp3) is 0.182. The Morgan fingerprint density at radius 1 is 1.14 bits per heavy atom. The molecule has 2 aromatic heterocycles. The van der Waals surface area contributed by atoms with Gasteiger partial charge in [0, 0.05) is 0 Å². The monoisotopic (exact) mass is 392 g/mol. The normalized spacial score (nSPS) is 12.1. The van der Waals surface area contributed by atoms with E-state index < -0.39 is 6.10 Å². The Morgan fingerprint density at radius 2 is 1.93 bits per heavy atom. The SMILES string of the molecule is Cc1ccc(OC(C)C(=O)NCc2ccc(-c3nc4ccccc4s3)o2)cc1. The molecule has 0 aliphatic carbocycles. The number of nitrogens with zero attached hydrogens (tertiary/aromatic N) is 1. The molecule has 1 N–H and O–H groups in total. The average Bonchev–Trinajstić information content (AvgIpc) is 3.34. The minimum Gasteiger partial charge on any atom is -0.481 e. The van der Waals surface area contributed by atoms with Crippen LogP contribution in [0.3, 0.4) is 0 Å². The molecule has 4 rings (SSSR count). The van der Waals surface area contributed by atoms with Crippen LogP contribution in [0.4, 0.5) is 0 Å². The summed E-state index contributed by atoms with van der Waals surface area (Å²) in [7, 11) is 0. The standard InChI is InChI=1S/C22H20N2O3S/c1-14-7-9-16(10-8-14)26-15(2)21(25)23-13-17-11-12-19(27-17)22-24-18-5-3-4-6-20(18)28-22/h3-12,15H,13H2,1-2H3,(H,23,25). The molecular weight excluding hydrogens is 372 g/mol. The number of aryl methyl sites for hydroxylation is 1. The molecule has 0 aliphatic rings. The summed E-state index contributed by atoms with van der Waals surface area (Å²) in [5.41, 5.74) is 2.10. The van der Waals surface area contributed by atoms with E-state index in [-0.39, 0.29) is 5.91 Å².